The first-order valence-electron chi connectivity index (χ1n) is 20.5. The second-order valence-corrected chi connectivity index (χ2v) is 13.8. The standard InChI is InChI=1S/2C24H26O8/c2*1-17(25)31-23(27)19-7-11-21(12-8-19)29-15-5-3-4-6-16-30-22-13-9-20(10-14-22)24(28)32-18(2)26/h2*7-14H,3-6,15-16H2,1-2H3. The van der Waals surface area contributed by atoms with Crippen LogP contribution in [0.5, 0.6) is 23.0 Å². The lowest BCUT2D eigenvalue weighted by Gasteiger charge is -2.08. The molecule has 0 unspecified atom stereocenters. The Labute approximate surface area is 371 Å². The molecular weight excluding hydrogens is 833 g/mol. The molecule has 0 saturated heterocycles. The molecule has 0 bridgehead atoms. The van der Waals surface area contributed by atoms with E-state index in [2.05, 4.69) is 18.9 Å². The highest BCUT2D eigenvalue weighted by Crippen LogP contribution is 2.18. The summed E-state index contributed by atoms with van der Waals surface area (Å²) >= 11 is 0. The van der Waals surface area contributed by atoms with E-state index in [0.717, 1.165) is 51.4 Å². The molecule has 0 spiro atoms. The Morgan fingerprint density at radius 1 is 0.281 bits per heavy atom. The summed E-state index contributed by atoms with van der Waals surface area (Å²) in [7, 11) is 0. The van der Waals surface area contributed by atoms with Gasteiger partial charge >= 0.3 is 47.8 Å². The topological polar surface area (TPSA) is 210 Å². The van der Waals surface area contributed by atoms with Gasteiger partial charge in [0.25, 0.3) is 0 Å². The molecule has 4 aromatic carbocycles. The number of unbranched alkanes of at least 4 members (excludes halogenated alkanes) is 6. The number of hydrogen-bond acceptors (Lipinski definition) is 16. The number of benzene rings is 4. The zero-order valence-electron chi connectivity index (χ0n) is 36.3. The molecule has 16 heteroatoms. The summed E-state index contributed by atoms with van der Waals surface area (Å²) in [4.78, 5) is 89.6. The van der Waals surface area contributed by atoms with E-state index in [1.54, 1.807) is 97.1 Å². The molecule has 4 aromatic rings. The number of rotatable bonds is 22. The molecule has 0 aromatic heterocycles. The van der Waals surface area contributed by atoms with Crippen molar-refractivity contribution in [3.63, 3.8) is 0 Å². The van der Waals surface area contributed by atoms with Gasteiger partial charge in [-0.3, -0.25) is 19.2 Å². The fourth-order valence-corrected chi connectivity index (χ4v) is 5.38. The predicted molar refractivity (Wildman–Crippen MR) is 229 cm³/mol. The van der Waals surface area contributed by atoms with Crippen LogP contribution in [0.25, 0.3) is 0 Å². The summed E-state index contributed by atoms with van der Waals surface area (Å²) < 4.78 is 40.6. The van der Waals surface area contributed by atoms with Crippen molar-refractivity contribution in [1.29, 1.82) is 0 Å². The normalized spacial score (nSPS) is 10.2. The number of ether oxygens (including phenoxy) is 8. The van der Waals surface area contributed by atoms with E-state index in [1.807, 2.05) is 0 Å². The van der Waals surface area contributed by atoms with Crippen molar-refractivity contribution in [2.24, 2.45) is 0 Å². The Bertz CT molecular complexity index is 1830. The third-order valence-corrected chi connectivity index (χ3v) is 8.46. The lowest BCUT2D eigenvalue weighted by molar-refractivity contribution is -0.136. The molecule has 0 saturated carbocycles. The fraction of sp³-hybridized carbons (Fsp3) is 0.333. The van der Waals surface area contributed by atoms with Crippen molar-refractivity contribution in [1.82, 2.24) is 0 Å². The number of carbonyl (C=O) groups is 8. The third-order valence-electron chi connectivity index (χ3n) is 8.46. The lowest BCUT2D eigenvalue weighted by Crippen LogP contribution is -2.09. The van der Waals surface area contributed by atoms with Crippen LogP contribution in [-0.4, -0.2) is 74.2 Å². The van der Waals surface area contributed by atoms with Crippen molar-refractivity contribution in [3.05, 3.63) is 119 Å². The van der Waals surface area contributed by atoms with E-state index in [9.17, 15) is 38.4 Å². The monoisotopic (exact) mass is 884 g/mol. The predicted octanol–water partition coefficient (Wildman–Crippen LogP) is 8.22. The van der Waals surface area contributed by atoms with Crippen molar-refractivity contribution < 1.29 is 76.3 Å². The molecule has 0 radical (unpaired) electrons. The summed E-state index contributed by atoms with van der Waals surface area (Å²) in [6, 6.07) is 25.7. The molecule has 64 heavy (non-hydrogen) atoms. The second kappa shape index (κ2) is 28.3. The largest absolute Gasteiger partial charge is 0.494 e. The van der Waals surface area contributed by atoms with Gasteiger partial charge in [0.05, 0.1) is 48.7 Å². The molecule has 0 fully saturated rings. The van der Waals surface area contributed by atoms with Gasteiger partial charge < -0.3 is 37.9 Å². The zero-order chi connectivity index (χ0) is 46.7. The van der Waals surface area contributed by atoms with E-state index in [-0.39, 0.29) is 22.3 Å². The van der Waals surface area contributed by atoms with Gasteiger partial charge in [-0.05, 0) is 148 Å². The number of hydrogen-bond donors (Lipinski definition) is 0. The second-order valence-electron chi connectivity index (χ2n) is 13.8. The van der Waals surface area contributed by atoms with Gasteiger partial charge in [-0.1, -0.05) is 0 Å². The summed E-state index contributed by atoms with van der Waals surface area (Å²) in [6.45, 7) is 6.92. The molecule has 0 amide bonds. The lowest BCUT2D eigenvalue weighted by atomic mass is 10.2. The van der Waals surface area contributed by atoms with Crippen molar-refractivity contribution >= 4 is 47.8 Å². The van der Waals surface area contributed by atoms with Crippen LogP contribution in [0.3, 0.4) is 0 Å². The highest BCUT2D eigenvalue weighted by atomic mass is 16.6. The molecule has 16 nitrogen and oxygen atoms in total. The molecule has 0 atom stereocenters. The van der Waals surface area contributed by atoms with Crippen LogP contribution in [0.15, 0.2) is 97.1 Å². The Morgan fingerprint density at radius 2 is 0.453 bits per heavy atom. The Balaban J connectivity index is 0.000000340. The van der Waals surface area contributed by atoms with Gasteiger partial charge in [-0.2, -0.15) is 0 Å². The molecule has 4 rings (SSSR count). The third kappa shape index (κ3) is 20.9. The maximum Gasteiger partial charge on any atom is 0.345 e. The first-order chi connectivity index (χ1) is 30.7. The number of carbonyl (C=O) groups excluding carboxylic acids is 8. The quantitative estimate of drug-likeness (QED) is 0.0315. The molecule has 340 valence electrons. The van der Waals surface area contributed by atoms with Crippen LogP contribution in [-0.2, 0) is 38.1 Å². The minimum atomic E-state index is -0.683. The Kier molecular flexibility index (Phi) is 22.5. The Morgan fingerprint density at radius 3 is 0.609 bits per heavy atom. The highest BCUT2D eigenvalue weighted by Gasteiger charge is 2.13. The molecule has 0 heterocycles. The number of esters is 8. The summed E-state index contributed by atoms with van der Waals surface area (Å²) in [6.07, 6.45) is 7.40. The summed E-state index contributed by atoms with van der Waals surface area (Å²) in [5, 5.41) is 0. The first kappa shape index (κ1) is 51.0. The minimum Gasteiger partial charge on any atom is -0.494 e. The van der Waals surface area contributed by atoms with Gasteiger partial charge in [-0.15, -0.1) is 0 Å². The van der Waals surface area contributed by atoms with Crippen molar-refractivity contribution in [2.45, 2.75) is 79.1 Å². The van der Waals surface area contributed by atoms with E-state index >= 15 is 0 Å². The summed E-state index contributed by atoms with van der Waals surface area (Å²) in [5.74, 6) is -2.75. The highest BCUT2D eigenvalue weighted by molar-refractivity contribution is 5.98. The van der Waals surface area contributed by atoms with Crippen LogP contribution < -0.4 is 18.9 Å². The van der Waals surface area contributed by atoms with Crippen molar-refractivity contribution in [2.75, 3.05) is 26.4 Å². The van der Waals surface area contributed by atoms with E-state index in [1.165, 1.54) is 27.7 Å². The van der Waals surface area contributed by atoms with Crippen LogP contribution in [0, 0.1) is 0 Å². The van der Waals surface area contributed by atoms with Gasteiger partial charge in [0.1, 0.15) is 23.0 Å². The smallest absolute Gasteiger partial charge is 0.345 e. The summed E-state index contributed by atoms with van der Waals surface area (Å²) in [5.41, 5.74) is 1.16. The van der Waals surface area contributed by atoms with Crippen molar-refractivity contribution in [3.8, 4) is 23.0 Å². The van der Waals surface area contributed by atoms with Crippen LogP contribution >= 0.6 is 0 Å². The molecular formula is C48H52O16. The average Bonchev–Trinajstić information content (AvgIpc) is 3.25. The van der Waals surface area contributed by atoms with Gasteiger partial charge in [0.15, 0.2) is 0 Å². The average molecular weight is 885 g/mol. The van der Waals surface area contributed by atoms with Crippen LogP contribution in [0.4, 0.5) is 0 Å². The Hall–Kier alpha value is -7.36. The molecule has 0 N–H and O–H groups in total. The maximum absolute atomic E-state index is 11.6. The van der Waals surface area contributed by atoms with E-state index in [4.69, 9.17) is 18.9 Å². The maximum atomic E-state index is 11.6. The van der Waals surface area contributed by atoms with E-state index in [0.29, 0.717) is 49.4 Å². The van der Waals surface area contributed by atoms with Gasteiger partial charge in [0, 0.05) is 27.7 Å². The van der Waals surface area contributed by atoms with Crippen LogP contribution in [0.1, 0.15) is 120 Å². The first-order valence-corrected chi connectivity index (χ1v) is 20.5. The molecule has 0 aliphatic heterocycles. The molecule has 0 aliphatic rings. The fourth-order valence-electron chi connectivity index (χ4n) is 5.38. The molecule has 0 aliphatic carbocycles. The zero-order valence-corrected chi connectivity index (χ0v) is 36.3. The minimum absolute atomic E-state index is 0.290. The van der Waals surface area contributed by atoms with Crippen LogP contribution in [0.2, 0.25) is 0 Å². The SMILES string of the molecule is CC(=O)OC(=O)c1ccc(OCCCCCCOc2ccc(C(=O)OC(C)=O)cc2)cc1.CC(=O)OC(=O)c1ccc(OCCCCCCOc2ccc(C(=O)OC(C)=O)cc2)cc1. The van der Waals surface area contributed by atoms with E-state index < -0.39 is 47.8 Å². The van der Waals surface area contributed by atoms with Gasteiger partial charge in [0.2, 0.25) is 0 Å². The van der Waals surface area contributed by atoms with Gasteiger partial charge in [-0.25, -0.2) is 19.2 Å².